The number of hydrogen-bond donors (Lipinski definition) is 1. The van der Waals surface area contributed by atoms with Gasteiger partial charge < -0.3 is 10.2 Å². The van der Waals surface area contributed by atoms with E-state index in [1.165, 1.54) is 30.6 Å². The predicted molar refractivity (Wildman–Crippen MR) is 58.6 cm³/mol. The average Bonchev–Trinajstić information content (AvgIpc) is 2.77. The van der Waals surface area contributed by atoms with Crippen molar-refractivity contribution in [3.8, 4) is 0 Å². The summed E-state index contributed by atoms with van der Waals surface area (Å²) in [5, 5.41) is 3.68. The zero-order valence-corrected chi connectivity index (χ0v) is 8.59. The van der Waals surface area contributed by atoms with Crippen molar-refractivity contribution in [3.05, 3.63) is 29.8 Å². The molecular formula is C12H16N2. The van der Waals surface area contributed by atoms with Crippen molar-refractivity contribution >= 4 is 5.69 Å². The molecule has 74 valence electrons. The maximum Gasteiger partial charge on any atom is 0.0633 e. The maximum absolute atomic E-state index is 3.68. The van der Waals surface area contributed by atoms with E-state index in [0.717, 1.165) is 6.54 Å². The molecule has 2 heterocycles. The van der Waals surface area contributed by atoms with Crippen LogP contribution in [0, 0.1) is 0 Å². The Hall–Kier alpha value is -1.02. The van der Waals surface area contributed by atoms with Crippen LogP contribution in [0.2, 0.25) is 0 Å². The van der Waals surface area contributed by atoms with Crippen molar-refractivity contribution in [1.29, 1.82) is 0 Å². The third-order valence-corrected chi connectivity index (χ3v) is 3.58. The molecule has 1 unspecified atom stereocenters. The SMILES string of the molecule is CN1CC2(CCCN2)c2ccccc21. The largest absolute Gasteiger partial charge is 0.372 e. The van der Waals surface area contributed by atoms with Gasteiger partial charge >= 0.3 is 0 Å². The van der Waals surface area contributed by atoms with E-state index in [4.69, 9.17) is 0 Å². The number of likely N-dealkylation sites (N-methyl/N-ethyl adjacent to an activating group) is 1. The normalized spacial score (nSPS) is 29.9. The molecule has 0 radical (unpaired) electrons. The number of benzene rings is 1. The molecule has 1 N–H and O–H groups in total. The van der Waals surface area contributed by atoms with Crippen molar-refractivity contribution in [2.75, 3.05) is 25.0 Å². The minimum absolute atomic E-state index is 0.269. The van der Waals surface area contributed by atoms with Crippen LogP contribution < -0.4 is 10.2 Å². The standard InChI is InChI=1S/C12H16N2/c1-14-9-12(7-4-8-13-12)10-5-2-3-6-11(10)14/h2-3,5-6,13H,4,7-9H2,1H3. The Labute approximate surface area is 84.9 Å². The van der Waals surface area contributed by atoms with Crippen LogP contribution in [0.25, 0.3) is 0 Å². The molecule has 2 aliphatic heterocycles. The fraction of sp³-hybridized carbons (Fsp3) is 0.500. The molecule has 1 spiro atoms. The van der Waals surface area contributed by atoms with Gasteiger partial charge in [0.15, 0.2) is 0 Å². The molecule has 3 rings (SSSR count). The molecular weight excluding hydrogens is 172 g/mol. The zero-order valence-electron chi connectivity index (χ0n) is 8.59. The van der Waals surface area contributed by atoms with E-state index in [2.05, 4.69) is 41.5 Å². The number of fused-ring (bicyclic) bond motifs is 2. The number of anilines is 1. The maximum atomic E-state index is 3.68. The second-order valence-electron chi connectivity index (χ2n) is 4.49. The second kappa shape index (κ2) is 2.74. The molecule has 0 aromatic heterocycles. The van der Waals surface area contributed by atoms with Crippen molar-refractivity contribution in [3.63, 3.8) is 0 Å². The van der Waals surface area contributed by atoms with Gasteiger partial charge in [-0.15, -0.1) is 0 Å². The summed E-state index contributed by atoms with van der Waals surface area (Å²) in [7, 11) is 2.19. The summed E-state index contributed by atoms with van der Waals surface area (Å²) in [5.74, 6) is 0. The predicted octanol–water partition coefficient (Wildman–Crippen LogP) is 1.72. The molecule has 0 amide bonds. The molecule has 1 aromatic rings. The third-order valence-electron chi connectivity index (χ3n) is 3.58. The summed E-state index contributed by atoms with van der Waals surface area (Å²) in [4.78, 5) is 2.37. The monoisotopic (exact) mass is 188 g/mol. The minimum atomic E-state index is 0.269. The van der Waals surface area contributed by atoms with E-state index >= 15 is 0 Å². The lowest BCUT2D eigenvalue weighted by molar-refractivity contribution is 0.420. The van der Waals surface area contributed by atoms with Gasteiger partial charge in [0.1, 0.15) is 0 Å². The van der Waals surface area contributed by atoms with Crippen molar-refractivity contribution in [1.82, 2.24) is 5.32 Å². The molecule has 1 aromatic carbocycles. The third kappa shape index (κ3) is 0.947. The fourth-order valence-electron chi connectivity index (χ4n) is 2.96. The van der Waals surface area contributed by atoms with Gasteiger partial charge in [0.05, 0.1) is 5.54 Å². The molecule has 1 saturated heterocycles. The van der Waals surface area contributed by atoms with Crippen LogP contribution in [0.1, 0.15) is 18.4 Å². The first-order valence-corrected chi connectivity index (χ1v) is 5.38. The summed E-state index contributed by atoms with van der Waals surface area (Å²) in [6.07, 6.45) is 2.59. The van der Waals surface area contributed by atoms with Crippen LogP contribution >= 0.6 is 0 Å². The molecule has 2 heteroatoms. The van der Waals surface area contributed by atoms with Gasteiger partial charge in [0.25, 0.3) is 0 Å². The Morgan fingerprint density at radius 1 is 1.36 bits per heavy atom. The summed E-state index contributed by atoms with van der Waals surface area (Å²) in [6, 6.07) is 8.78. The topological polar surface area (TPSA) is 15.3 Å². The average molecular weight is 188 g/mol. The molecule has 1 atom stereocenters. The van der Waals surface area contributed by atoms with Crippen LogP contribution in [-0.2, 0) is 5.54 Å². The molecule has 1 fully saturated rings. The number of nitrogens with zero attached hydrogens (tertiary/aromatic N) is 1. The minimum Gasteiger partial charge on any atom is -0.372 e. The fourth-order valence-corrected chi connectivity index (χ4v) is 2.96. The smallest absolute Gasteiger partial charge is 0.0633 e. The van der Waals surface area contributed by atoms with E-state index in [-0.39, 0.29) is 5.54 Å². The number of para-hydroxylation sites is 1. The van der Waals surface area contributed by atoms with Crippen LogP contribution in [0.3, 0.4) is 0 Å². The number of rotatable bonds is 0. The Bertz CT molecular complexity index is 353. The molecule has 2 aliphatic rings. The first-order valence-electron chi connectivity index (χ1n) is 5.38. The van der Waals surface area contributed by atoms with Crippen LogP contribution in [0.4, 0.5) is 5.69 Å². The lowest BCUT2D eigenvalue weighted by Crippen LogP contribution is -2.40. The van der Waals surface area contributed by atoms with E-state index < -0.39 is 0 Å². The Balaban J connectivity index is 2.13. The highest BCUT2D eigenvalue weighted by Gasteiger charge is 2.42. The Kier molecular flexibility index (Phi) is 1.62. The van der Waals surface area contributed by atoms with Crippen LogP contribution in [-0.4, -0.2) is 20.1 Å². The molecule has 14 heavy (non-hydrogen) atoms. The van der Waals surface area contributed by atoms with Gasteiger partial charge in [0, 0.05) is 19.3 Å². The Morgan fingerprint density at radius 3 is 3.00 bits per heavy atom. The molecule has 0 saturated carbocycles. The van der Waals surface area contributed by atoms with Gasteiger partial charge in [0.2, 0.25) is 0 Å². The van der Waals surface area contributed by atoms with Gasteiger partial charge in [-0.1, -0.05) is 18.2 Å². The van der Waals surface area contributed by atoms with Gasteiger partial charge in [-0.2, -0.15) is 0 Å². The van der Waals surface area contributed by atoms with Gasteiger partial charge in [-0.3, -0.25) is 0 Å². The summed E-state index contributed by atoms with van der Waals surface area (Å²) < 4.78 is 0. The summed E-state index contributed by atoms with van der Waals surface area (Å²) in [5.41, 5.74) is 3.17. The van der Waals surface area contributed by atoms with E-state index in [1.807, 2.05) is 0 Å². The first-order chi connectivity index (χ1) is 6.82. The van der Waals surface area contributed by atoms with E-state index in [1.54, 1.807) is 0 Å². The highest BCUT2D eigenvalue weighted by Crippen LogP contribution is 2.42. The van der Waals surface area contributed by atoms with E-state index in [0.29, 0.717) is 0 Å². The first kappa shape index (κ1) is 8.30. The lowest BCUT2D eigenvalue weighted by atomic mass is 9.91. The summed E-state index contributed by atoms with van der Waals surface area (Å²) in [6.45, 7) is 2.30. The molecule has 2 nitrogen and oxygen atoms in total. The van der Waals surface area contributed by atoms with Crippen molar-refractivity contribution in [2.45, 2.75) is 18.4 Å². The van der Waals surface area contributed by atoms with Gasteiger partial charge in [-0.05, 0) is 31.0 Å². The highest BCUT2D eigenvalue weighted by molar-refractivity contribution is 5.62. The molecule has 0 bridgehead atoms. The van der Waals surface area contributed by atoms with Crippen molar-refractivity contribution < 1.29 is 0 Å². The van der Waals surface area contributed by atoms with Crippen LogP contribution in [0.15, 0.2) is 24.3 Å². The van der Waals surface area contributed by atoms with Crippen LogP contribution in [0.5, 0.6) is 0 Å². The van der Waals surface area contributed by atoms with Crippen molar-refractivity contribution in [2.24, 2.45) is 0 Å². The number of nitrogens with one attached hydrogen (secondary N) is 1. The zero-order chi connectivity index (χ0) is 9.60. The lowest BCUT2D eigenvalue weighted by Gasteiger charge is -2.24. The quantitative estimate of drug-likeness (QED) is 0.667. The second-order valence-corrected chi connectivity index (χ2v) is 4.49. The highest BCUT2D eigenvalue weighted by atomic mass is 15.2. The molecule has 0 aliphatic carbocycles. The van der Waals surface area contributed by atoms with Gasteiger partial charge in [-0.25, -0.2) is 0 Å². The van der Waals surface area contributed by atoms with E-state index in [9.17, 15) is 0 Å². The summed E-state index contributed by atoms with van der Waals surface area (Å²) >= 11 is 0. The Morgan fingerprint density at radius 2 is 2.21 bits per heavy atom. The number of hydrogen-bond acceptors (Lipinski definition) is 2.